The zero-order chi connectivity index (χ0) is 16.4. The Balaban J connectivity index is 1.97. The molecule has 0 bridgehead atoms. The fourth-order valence-electron chi connectivity index (χ4n) is 2.31. The number of carbonyl (C=O) groups excluding carboxylic acids is 1. The second-order valence-electron chi connectivity index (χ2n) is 5.51. The molecule has 0 aliphatic rings. The highest BCUT2D eigenvalue weighted by Gasteiger charge is 2.12. The first-order valence-corrected chi connectivity index (χ1v) is 8.13. The van der Waals surface area contributed by atoms with E-state index in [2.05, 4.69) is 4.98 Å². The Bertz CT molecular complexity index is 855. The molecule has 2 aromatic heterocycles. The van der Waals surface area contributed by atoms with Gasteiger partial charge in [-0.1, -0.05) is 12.1 Å². The monoisotopic (exact) mass is 323 g/mol. The van der Waals surface area contributed by atoms with E-state index in [1.165, 1.54) is 0 Å². The van der Waals surface area contributed by atoms with Gasteiger partial charge < -0.3 is 4.90 Å². The van der Waals surface area contributed by atoms with Crippen LogP contribution in [0, 0.1) is 6.92 Å². The first-order chi connectivity index (χ1) is 11.1. The highest BCUT2D eigenvalue weighted by molar-refractivity contribution is 7.13. The van der Waals surface area contributed by atoms with E-state index in [1.807, 2.05) is 48.8 Å². The third-order valence-electron chi connectivity index (χ3n) is 3.58. The van der Waals surface area contributed by atoms with Crippen LogP contribution in [0.15, 0.2) is 48.1 Å². The van der Waals surface area contributed by atoms with Crippen LogP contribution in [0.3, 0.4) is 0 Å². The van der Waals surface area contributed by atoms with Crippen LogP contribution in [-0.4, -0.2) is 34.9 Å². The molecule has 0 radical (unpaired) electrons. The molecule has 0 aliphatic heterocycles. The van der Waals surface area contributed by atoms with Crippen LogP contribution in [0.25, 0.3) is 21.8 Å². The first kappa shape index (κ1) is 15.4. The van der Waals surface area contributed by atoms with Gasteiger partial charge in [0.25, 0.3) is 5.91 Å². The Hall–Kier alpha value is -2.53. The van der Waals surface area contributed by atoms with Crippen LogP contribution in [0.1, 0.15) is 15.9 Å². The maximum Gasteiger partial charge on any atom is 0.253 e. The van der Waals surface area contributed by atoms with Gasteiger partial charge in [0.15, 0.2) is 0 Å². The number of thiazole rings is 1. The van der Waals surface area contributed by atoms with Crippen molar-refractivity contribution in [3.05, 3.63) is 59.2 Å². The number of benzene rings is 1. The lowest BCUT2D eigenvalue weighted by Crippen LogP contribution is -2.21. The Kier molecular flexibility index (Phi) is 4.21. The summed E-state index contributed by atoms with van der Waals surface area (Å²) in [6.07, 6.45) is 3.61. The van der Waals surface area contributed by atoms with Gasteiger partial charge in [0.05, 0.1) is 5.69 Å². The molecule has 1 aromatic carbocycles. The van der Waals surface area contributed by atoms with E-state index >= 15 is 0 Å². The number of hydrogen-bond acceptors (Lipinski definition) is 4. The summed E-state index contributed by atoms with van der Waals surface area (Å²) in [5.74, 6) is -0.00765. The normalized spacial score (nSPS) is 10.6. The lowest BCUT2D eigenvalue weighted by atomic mass is 10.1. The van der Waals surface area contributed by atoms with E-state index in [4.69, 9.17) is 4.98 Å². The van der Waals surface area contributed by atoms with Crippen molar-refractivity contribution < 1.29 is 4.79 Å². The molecule has 2 heterocycles. The maximum atomic E-state index is 12.1. The van der Waals surface area contributed by atoms with Gasteiger partial charge in [-0.05, 0) is 30.7 Å². The van der Waals surface area contributed by atoms with Gasteiger partial charge in [-0.25, -0.2) is 4.98 Å². The fraction of sp³-hybridized carbons (Fsp3) is 0.167. The van der Waals surface area contributed by atoms with E-state index in [0.29, 0.717) is 5.56 Å². The number of rotatable bonds is 3. The third-order valence-corrected chi connectivity index (χ3v) is 4.47. The fourth-order valence-corrected chi connectivity index (χ4v) is 3.12. The molecular formula is C18H17N3OS. The van der Waals surface area contributed by atoms with Gasteiger partial charge in [-0.3, -0.25) is 9.78 Å². The van der Waals surface area contributed by atoms with E-state index in [0.717, 1.165) is 27.4 Å². The van der Waals surface area contributed by atoms with E-state index in [1.54, 1.807) is 36.5 Å². The summed E-state index contributed by atoms with van der Waals surface area (Å²) in [4.78, 5) is 22.6. The van der Waals surface area contributed by atoms with Gasteiger partial charge in [0, 0.05) is 48.6 Å². The SMILES string of the molecule is Cc1ccncc1-c1csc(-c2cccc(C(=O)N(C)C)c2)n1. The quantitative estimate of drug-likeness (QED) is 0.735. The maximum absolute atomic E-state index is 12.1. The van der Waals surface area contributed by atoms with Gasteiger partial charge in [0.2, 0.25) is 0 Å². The zero-order valence-corrected chi connectivity index (χ0v) is 14.1. The summed E-state index contributed by atoms with van der Waals surface area (Å²) >= 11 is 1.57. The number of aryl methyl sites for hydroxylation is 1. The summed E-state index contributed by atoms with van der Waals surface area (Å²) in [5, 5.41) is 2.93. The predicted octanol–water partition coefficient (Wildman–Crippen LogP) is 3.88. The Morgan fingerprint density at radius 2 is 2.04 bits per heavy atom. The molecule has 0 aliphatic carbocycles. The first-order valence-electron chi connectivity index (χ1n) is 7.25. The Labute approximate surface area is 139 Å². The minimum Gasteiger partial charge on any atom is -0.345 e. The van der Waals surface area contributed by atoms with Crippen molar-refractivity contribution in [2.45, 2.75) is 6.92 Å². The summed E-state index contributed by atoms with van der Waals surface area (Å²) in [6, 6.07) is 9.56. The van der Waals surface area contributed by atoms with E-state index < -0.39 is 0 Å². The lowest BCUT2D eigenvalue weighted by molar-refractivity contribution is 0.0827. The van der Waals surface area contributed by atoms with Crippen LogP contribution in [0.2, 0.25) is 0 Å². The number of carbonyl (C=O) groups is 1. The molecule has 0 saturated heterocycles. The lowest BCUT2D eigenvalue weighted by Gasteiger charge is -2.10. The van der Waals surface area contributed by atoms with E-state index in [9.17, 15) is 4.79 Å². The summed E-state index contributed by atoms with van der Waals surface area (Å²) in [6.45, 7) is 2.05. The van der Waals surface area contributed by atoms with Gasteiger partial charge in [-0.15, -0.1) is 11.3 Å². The topological polar surface area (TPSA) is 46.1 Å². The minimum absolute atomic E-state index is 0.00765. The number of hydrogen-bond donors (Lipinski definition) is 0. The van der Waals surface area contributed by atoms with Crippen LogP contribution >= 0.6 is 11.3 Å². The molecule has 0 fully saturated rings. The molecule has 0 atom stereocenters. The van der Waals surface area contributed by atoms with Crippen molar-refractivity contribution in [2.24, 2.45) is 0 Å². The molecule has 116 valence electrons. The second-order valence-corrected chi connectivity index (χ2v) is 6.37. The average molecular weight is 323 g/mol. The highest BCUT2D eigenvalue weighted by atomic mass is 32.1. The largest absolute Gasteiger partial charge is 0.345 e. The van der Waals surface area contributed by atoms with Gasteiger partial charge >= 0.3 is 0 Å². The van der Waals surface area contributed by atoms with Gasteiger partial charge in [-0.2, -0.15) is 0 Å². The molecular weight excluding hydrogens is 306 g/mol. The highest BCUT2D eigenvalue weighted by Crippen LogP contribution is 2.30. The zero-order valence-electron chi connectivity index (χ0n) is 13.3. The smallest absolute Gasteiger partial charge is 0.253 e. The third kappa shape index (κ3) is 3.14. The number of aromatic nitrogens is 2. The molecule has 3 rings (SSSR count). The van der Waals surface area contributed by atoms with Crippen molar-refractivity contribution in [1.29, 1.82) is 0 Å². The molecule has 0 unspecified atom stereocenters. The molecule has 4 nitrogen and oxygen atoms in total. The van der Waals surface area contributed by atoms with Crippen molar-refractivity contribution in [3.63, 3.8) is 0 Å². The van der Waals surface area contributed by atoms with Crippen molar-refractivity contribution in [3.8, 4) is 21.8 Å². The average Bonchev–Trinajstić information content (AvgIpc) is 3.04. The van der Waals surface area contributed by atoms with Crippen LogP contribution in [0.4, 0.5) is 0 Å². The standard InChI is InChI=1S/C18H17N3OS/c1-12-7-8-19-10-15(12)16-11-23-17(20-16)13-5-4-6-14(9-13)18(22)21(2)3/h4-11H,1-3H3. The molecule has 3 aromatic rings. The minimum atomic E-state index is -0.00765. The predicted molar refractivity (Wildman–Crippen MR) is 93.5 cm³/mol. The summed E-state index contributed by atoms with van der Waals surface area (Å²) in [5.41, 5.74) is 4.72. The Morgan fingerprint density at radius 3 is 2.78 bits per heavy atom. The van der Waals surface area contributed by atoms with E-state index in [-0.39, 0.29) is 5.91 Å². The van der Waals surface area contributed by atoms with Crippen LogP contribution in [-0.2, 0) is 0 Å². The summed E-state index contributed by atoms with van der Waals surface area (Å²) in [7, 11) is 3.50. The van der Waals surface area contributed by atoms with Crippen molar-refractivity contribution >= 4 is 17.2 Å². The number of nitrogens with zero attached hydrogens (tertiary/aromatic N) is 3. The van der Waals surface area contributed by atoms with Crippen LogP contribution < -0.4 is 0 Å². The number of pyridine rings is 1. The van der Waals surface area contributed by atoms with Crippen LogP contribution in [0.5, 0.6) is 0 Å². The Morgan fingerprint density at radius 1 is 1.22 bits per heavy atom. The second kappa shape index (κ2) is 6.30. The molecule has 1 amide bonds. The molecule has 23 heavy (non-hydrogen) atoms. The summed E-state index contributed by atoms with van der Waals surface area (Å²) < 4.78 is 0. The molecule has 0 saturated carbocycles. The number of amides is 1. The molecule has 5 heteroatoms. The van der Waals surface area contributed by atoms with Gasteiger partial charge in [0.1, 0.15) is 5.01 Å². The molecule has 0 spiro atoms. The van der Waals surface area contributed by atoms with Crippen molar-refractivity contribution in [2.75, 3.05) is 14.1 Å². The van der Waals surface area contributed by atoms with Crippen molar-refractivity contribution in [1.82, 2.24) is 14.9 Å². The molecule has 0 N–H and O–H groups in total.